The van der Waals surface area contributed by atoms with Crippen molar-refractivity contribution in [1.29, 1.82) is 0 Å². The van der Waals surface area contributed by atoms with Gasteiger partial charge in [-0.15, -0.1) is 0 Å². The van der Waals surface area contributed by atoms with Crippen molar-refractivity contribution >= 4 is 23.6 Å². The summed E-state index contributed by atoms with van der Waals surface area (Å²) < 4.78 is 17.0. The van der Waals surface area contributed by atoms with Crippen molar-refractivity contribution in [2.24, 2.45) is 0 Å². The van der Waals surface area contributed by atoms with Gasteiger partial charge in [0.05, 0.1) is 18.9 Å². The van der Waals surface area contributed by atoms with Gasteiger partial charge in [-0.1, -0.05) is 36.4 Å². The van der Waals surface area contributed by atoms with Crippen LogP contribution < -0.4 is 19.9 Å². The highest BCUT2D eigenvalue weighted by molar-refractivity contribution is 6.31. The molecule has 1 N–H and O–H groups in total. The molecular formula is C28H28N2O5. The van der Waals surface area contributed by atoms with Gasteiger partial charge < -0.3 is 14.2 Å². The summed E-state index contributed by atoms with van der Waals surface area (Å²) in [6, 6.07) is 22.2. The monoisotopic (exact) mass is 472 g/mol. The largest absolute Gasteiger partial charge is 0.491 e. The lowest BCUT2D eigenvalue weighted by Gasteiger charge is -2.13. The summed E-state index contributed by atoms with van der Waals surface area (Å²) in [4.78, 5) is 25.0. The first-order valence-electron chi connectivity index (χ1n) is 11.4. The third kappa shape index (κ3) is 6.28. The Kier molecular flexibility index (Phi) is 7.80. The number of carbonyl (C=O) groups is 2. The van der Waals surface area contributed by atoms with Crippen molar-refractivity contribution in [2.45, 2.75) is 13.8 Å². The highest BCUT2D eigenvalue weighted by Gasteiger charge is 2.34. The Bertz CT molecular complexity index is 1210. The van der Waals surface area contributed by atoms with Crippen molar-refractivity contribution in [3.63, 3.8) is 0 Å². The van der Waals surface area contributed by atoms with E-state index in [1.165, 1.54) is 16.1 Å². The first kappa shape index (κ1) is 24.0. The molecule has 0 spiro atoms. The van der Waals surface area contributed by atoms with E-state index >= 15 is 0 Å². The fourth-order valence-electron chi connectivity index (χ4n) is 3.49. The van der Waals surface area contributed by atoms with E-state index in [1.54, 1.807) is 54.6 Å². The number of rotatable bonds is 10. The number of nitrogens with zero attached hydrogens (tertiary/aromatic N) is 1. The van der Waals surface area contributed by atoms with Crippen LogP contribution in [0.2, 0.25) is 0 Å². The summed E-state index contributed by atoms with van der Waals surface area (Å²) >= 11 is 0. The van der Waals surface area contributed by atoms with Crippen molar-refractivity contribution < 1.29 is 23.8 Å². The molecule has 0 aromatic heterocycles. The van der Waals surface area contributed by atoms with Crippen LogP contribution in [0.15, 0.2) is 78.4 Å². The van der Waals surface area contributed by atoms with Gasteiger partial charge in [0.15, 0.2) is 0 Å². The molecule has 0 aliphatic carbocycles. The number of ether oxygens (including phenoxy) is 3. The van der Waals surface area contributed by atoms with Crippen LogP contribution >= 0.6 is 0 Å². The lowest BCUT2D eigenvalue weighted by Crippen LogP contribution is -2.35. The smallest absolute Gasteiger partial charge is 0.282 e. The van der Waals surface area contributed by atoms with Gasteiger partial charge >= 0.3 is 0 Å². The number of amides is 2. The molecule has 1 heterocycles. The second-order valence-corrected chi connectivity index (χ2v) is 8.10. The van der Waals surface area contributed by atoms with E-state index in [4.69, 9.17) is 14.2 Å². The number of para-hydroxylation sites is 1. The maximum atomic E-state index is 12.7. The normalized spacial score (nSPS) is 14.3. The lowest BCUT2D eigenvalue weighted by atomic mass is 10.1. The predicted molar refractivity (Wildman–Crippen MR) is 134 cm³/mol. The predicted octanol–water partition coefficient (Wildman–Crippen LogP) is 4.24. The van der Waals surface area contributed by atoms with Crippen molar-refractivity contribution in [3.8, 4) is 11.5 Å². The topological polar surface area (TPSA) is 77.1 Å². The van der Waals surface area contributed by atoms with Crippen LogP contribution in [0.3, 0.4) is 0 Å². The van der Waals surface area contributed by atoms with E-state index in [0.717, 1.165) is 11.3 Å². The van der Waals surface area contributed by atoms with E-state index in [0.29, 0.717) is 37.9 Å². The fourth-order valence-corrected chi connectivity index (χ4v) is 3.49. The molecule has 180 valence electrons. The van der Waals surface area contributed by atoms with E-state index in [9.17, 15) is 9.59 Å². The SMILES string of the molecule is Cc1ccc(OCCOCCOc2ccc(/C=C3/C(=O)NN(c4ccccc4)C3=O)cc2)cc1C. The van der Waals surface area contributed by atoms with Crippen LogP contribution in [0.25, 0.3) is 6.08 Å². The average molecular weight is 473 g/mol. The molecule has 0 atom stereocenters. The van der Waals surface area contributed by atoms with Crippen LogP contribution in [0.4, 0.5) is 5.69 Å². The Morgan fingerprint density at radius 3 is 2.11 bits per heavy atom. The summed E-state index contributed by atoms with van der Waals surface area (Å²) in [7, 11) is 0. The zero-order valence-electron chi connectivity index (χ0n) is 19.8. The van der Waals surface area contributed by atoms with Gasteiger partial charge in [-0.25, -0.2) is 5.01 Å². The Hall–Kier alpha value is -4.10. The molecule has 7 nitrogen and oxygen atoms in total. The molecule has 7 heteroatoms. The Morgan fingerprint density at radius 2 is 1.43 bits per heavy atom. The third-order valence-electron chi connectivity index (χ3n) is 5.57. The van der Waals surface area contributed by atoms with Gasteiger partial charge in [0, 0.05) is 0 Å². The average Bonchev–Trinajstić information content (AvgIpc) is 3.15. The number of hydrogen-bond acceptors (Lipinski definition) is 5. The highest BCUT2D eigenvalue weighted by atomic mass is 16.5. The van der Waals surface area contributed by atoms with Gasteiger partial charge in [-0.2, -0.15) is 0 Å². The first-order chi connectivity index (χ1) is 17.0. The molecule has 2 amide bonds. The zero-order valence-corrected chi connectivity index (χ0v) is 19.8. The minimum atomic E-state index is -0.433. The Morgan fingerprint density at radius 1 is 0.771 bits per heavy atom. The number of hydrazine groups is 1. The lowest BCUT2D eigenvalue weighted by molar-refractivity contribution is -0.117. The van der Waals surface area contributed by atoms with Gasteiger partial charge in [0.2, 0.25) is 0 Å². The molecule has 1 aliphatic rings. The molecular weight excluding hydrogens is 444 g/mol. The Balaban J connectivity index is 1.20. The first-order valence-corrected chi connectivity index (χ1v) is 11.4. The third-order valence-corrected chi connectivity index (χ3v) is 5.57. The second-order valence-electron chi connectivity index (χ2n) is 8.10. The van der Waals surface area contributed by atoms with E-state index in [2.05, 4.69) is 19.3 Å². The number of anilines is 1. The summed E-state index contributed by atoms with van der Waals surface area (Å²) in [6.45, 7) is 5.91. The van der Waals surface area contributed by atoms with Gasteiger partial charge in [0.25, 0.3) is 11.8 Å². The minimum Gasteiger partial charge on any atom is -0.491 e. The van der Waals surface area contributed by atoms with Gasteiger partial charge in [0.1, 0.15) is 30.3 Å². The number of aryl methyl sites for hydroxylation is 2. The summed E-state index contributed by atoms with van der Waals surface area (Å²) in [5.41, 5.74) is 6.45. The van der Waals surface area contributed by atoms with Crippen molar-refractivity contribution in [3.05, 3.63) is 95.1 Å². The molecule has 3 aromatic carbocycles. The molecule has 0 radical (unpaired) electrons. The van der Waals surface area contributed by atoms with Gasteiger partial charge in [-0.3, -0.25) is 15.0 Å². The van der Waals surface area contributed by atoms with Crippen molar-refractivity contribution in [2.75, 3.05) is 31.4 Å². The van der Waals surface area contributed by atoms with Crippen LogP contribution in [-0.2, 0) is 14.3 Å². The quantitative estimate of drug-likeness (QED) is 0.271. The maximum absolute atomic E-state index is 12.7. The van der Waals surface area contributed by atoms with Crippen LogP contribution in [0.5, 0.6) is 11.5 Å². The molecule has 0 unspecified atom stereocenters. The number of hydrogen-bond donors (Lipinski definition) is 1. The minimum absolute atomic E-state index is 0.0824. The van der Waals surface area contributed by atoms with Crippen LogP contribution in [-0.4, -0.2) is 38.2 Å². The van der Waals surface area contributed by atoms with E-state index in [1.807, 2.05) is 24.3 Å². The number of nitrogens with one attached hydrogen (secondary N) is 1. The number of carbonyl (C=O) groups excluding carboxylic acids is 2. The highest BCUT2D eigenvalue weighted by Crippen LogP contribution is 2.22. The molecule has 1 aliphatic heterocycles. The van der Waals surface area contributed by atoms with Crippen LogP contribution in [0, 0.1) is 13.8 Å². The summed E-state index contributed by atoms with van der Waals surface area (Å²) in [5, 5.41) is 1.25. The molecule has 3 aromatic rings. The molecule has 1 saturated heterocycles. The Labute approximate surface area is 204 Å². The fraction of sp³-hybridized carbons (Fsp3) is 0.214. The standard InChI is InChI=1S/C28H28N2O5/c1-20-8-11-25(18-21(20)2)35-17-15-33-14-16-34-24-12-9-22(10-13-24)19-26-27(31)29-30(28(26)32)23-6-4-3-5-7-23/h3-13,18-19H,14-17H2,1-2H3,(H,29,31)/b26-19-. The molecule has 0 bridgehead atoms. The van der Waals surface area contributed by atoms with E-state index < -0.39 is 5.91 Å². The van der Waals surface area contributed by atoms with Crippen molar-refractivity contribution in [1.82, 2.24) is 5.43 Å². The van der Waals surface area contributed by atoms with Gasteiger partial charge in [-0.05, 0) is 73.0 Å². The zero-order chi connectivity index (χ0) is 24.6. The van der Waals surface area contributed by atoms with E-state index in [-0.39, 0.29) is 11.5 Å². The molecule has 0 saturated carbocycles. The number of benzene rings is 3. The summed E-state index contributed by atoms with van der Waals surface area (Å²) in [6.07, 6.45) is 1.57. The molecule has 4 rings (SSSR count). The molecule has 1 fully saturated rings. The van der Waals surface area contributed by atoms with Crippen LogP contribution in [0.1, 0.15) is 16.7 Å². The second kappa shape index (κ2) is 11.4. The molecule has 35 heavy (non-hydrogen) atoms. The maximum Gasteiger partial charge on any atom is 0.282 e. The summed E-state index contributed by atoms with van der Waals surface area (Å²) in [5.74, 6) is 0.695.